The van der Waals surface area contributed by atoms with Gasteiger partial charge in [0.2, 0.25) is 0 Å². The highest BCUT2D eigenvalue weighted by Gasteiger charge is 2.22. The number of ether oxygens (including phenoxy) is 1. The molecule has 1 N–H and O–H groups in total. The Kier molecular flexibility index (Phi) is 5.10. The molecule has 1 aliphatic rings. The number of carboxylic acid groups (broad SMARTS) is 1. The van der Waals surface area contributed by atoms with Crippen molar-refractivity contribution >= 4 is 17.8 Å². The number of methoxy groups -OCH3 is 1. The third kappa shape index (κ3) is 3.91. The van der Waals surface area contributed by atoms with Gasteiger partial charge < -0.3 is 14.7 Å². The summed E-state index contributed by atoms with van der Waals surface area (Å²) in [4.78, 5) is 30.8. The maximum atomic E-state index is 11.8. The topological polar surface area (TPSA) is 83.0 Å². The minimum atomic E-state index is -0.782. The second kappa shape index (κ2) is 7.03. The van der Waals surface area contributed by atoms with Crippen LogP contribution in [0.3, 0.4) is 0 Å². The van der Waals surface area contributed by atoms with E-state index in [0.29, 0.717) is 31.0 Å². The summed E-state index contributed by atoms with van der Waals surface area (Å²) in [6.07, 6.45) is 1.80. The van der Waals surface area contributed by atoms with E-state index in [1.165, 1.54) is 7.11 Å². The van der Waals surface area contributed by atoms with Crippen molar-refractivity contribution in [1.82, 2.24) is 9.88 Å². The molecule has 0 aliphatic carbocycles. The van der Waals surface area contributed by atoms with Crippen LogP contribution in [-0.4, -0.2) is 66.8 Å². The van der Waals surface area contributed by atoms with E-state index in [4.69, 9.17) is 9.84 Å². The fourth-order valence-corrected chi connectivity index (χ4v) is 2.36. The lowest BCUT2D eigenvalue weighted by atomic mass is 10.2. The maximum absolute atomic E-state index is 11.8. The fourth-order valence-electron chi connectivity index (χ4n) is 2.36. The summed E-state index contributed by atoms with van der Waals surface area (Å²) in [5, 5.41) is 8.70. The summed E-state index contributed by atoms with van der Waals surface area (Å²) in [5.74, 6) is -0.552. The molecular formula is C14H19N3O4. The van der Waals surface area contributed by atoms with Gasteiger partial charge in [-0.1, -0.05) is 0 Å². The van der Waals surface area contributed by atoms with E-state index in [-0.39, 0.29) is 6.42 Å². The number of aliphatic carboxylic acids is 1. The highest BCUT2D eigenvalue weighted by Crippen LogP contribution is 2.19. The zero-order chi connectivity index (χ0) is 15.2. The predicted molar refractivity (Wildman–Crippen MR) is 76.5 cm³/mol. The molecule has 1 aromatic rings. The molecule has 1 aromatic heterocycles. The summed E-state index contributed by atoms with van der Waals surface area (Å²) in [6, 6.07) is 3.41. The molecule has 7 nitrogen and oxygen atoms in total. The normalized spacial score (nSPS) is 15.8. The van der Waals surface area contributed by atoms with Gasteiger partial charge in [-0.3, -0.25) is 9.69 Å². The molecule has 21 heavy (non-hydrogen) atoms. The molecule has 0 aromatic carbocycles. The Hall–Kier alpha value is -2.15. The predicted octanol–water partition coefficient (Wildman–Crippen LogP) is 0.465. The molecule has 1 saturated heterocycles. The first-order valence-electron chi connectivity index (χ1n) is 6.84. The molecule has 2 rings (SSSR count). The lowest BCUT2D eigenvalue weighted by Gasteiger charge is -2.35. The van der Waals surface area contributed by atoms with Crippen LogP contribution < -0.4 is 4.90 Å². The number of carboxylic acids is 1. The van der Waals surface area contributed by atoms with Gasteiger partial charge in [-0.25, -0.2) is 9.78 Å². The van der Waals surface area contributed by atoms with E-state index in [1.54, 1.807) is 18.3 Å². The van der Waals surface area contributed by atoms with Crippen LogP contribution in [-0.2, 0) is 9.53 Å². The number of hydrogen-bond donors (Lipinski definition) is 1. The summed E-state index contributed by atoms with van der Waals surface area (Å²) >= 11 is 0. The van der Waals surface area contributed by atoms with Crippen molar-refractivity contribution in [2.75, 3.05) is 44.7 Å². The molecule has 0 unspecified atom stereocenters. The van der Waals surface area contributed by atoms with Gasteiger partial charge in [-0.05, 0) is 12.1 Å². The lowest BCUT2D eigenvalue weighted by molar-refractivity contribution is -0.137. The standard InChI is InChI=1S/C14H19N3O4/c1-21-14(20)11-3-2-5-15-13(11)17-9-7-16(8-10-17)6-4-12(18)19/h2-3,5H,4,6-10H2,1H3,(H,18,19). The van der Waals surface area contributed by atoms with Crippen molar-refractivity contribution in [3.05, 3.63) is 23.9 Å². The number of anilines is 1. The Morgan fingerprint density at radius 1 is 1.33 bits per heavy atom. The average Bonchev–Trinajstić information content (AvgIpc) is 2.52. The number of nitrogens with zero attached hydrogens (tertiary/aromatic N) is 3. The molecule has 7 heteroatoms. The molecule has 0 spiro atoms. The van der Waals surface area contributed by atoms with Crippen LogP contribution in [0.15, 0.2) is 18.3 Å². The van der Waals surface area contributed by atoms with Crippen LogP contribution in [0, 0.1) is 0 Å². The number of esters is 1. The van der Waals surface area contributed by atoms with Crippen LogP contribution >= 0.6 is 0 Å². The average molecular weight is 293 g/mol. The molecule has 114 valence electrons. The van der Waals surface area contributed by atoms with Crippen molar-refractivity contribution in [3.63, 3.8) is 0 Å². The molecule has 1 aliphatic heterocycles. The second-order valence-electron chi connectivity index (χ2n) is 4.84. The van der Waals surface area contributed by atoms with Crippen LogP contribution in [0.5, 0.6) is 0 Å². The molecule has 0 amide bonds. The Morgan fingerprint density at radius 2 is 2.05 bits per heavy atom. The van der Waals surface area contributed by atoms with Crippen LogP contribution in [0.2, 0.25) is 0 Å². The molecule has 0 bridgehead atoms. The molecular weight excluding hydrogens is 274 g/mol. The Bertz CT molecular complexity index is 513. The highest BCUT2D eigenvalue weighted by atomic mass is 16.5. The number of rotatable bonds is 5. The SMILES string of the molecule is COC(=O)c1cccnc1N1CCN(CCC(=O)O)CC1. The second-order valence-corrected chi connectivity index (χ2v) is 4.84. The highest BCUT2D eigenvalue weighted by molar-refractivity contribution is 5.94. The Morgan fingerprint density at radius 3 is 2.67 bits per heavy atom. The van der Waals surface area contributed by atoms with E-state index in [0.717, 1.165) is 13.1 Å². The van der Waals surface area contributed by atoms with Gasteiger partial charge in [0.15, 0.2) is 0 Å². The van der Waals surface area contributed by atoms with Gasteiger partial charge in [0.1, 0.15) is 11.4 Å². The number of carbonyl (C=O) groups is 2. The fraction of sp³-hybridized carbons (Fsp3) is 0.500. The molecule has 0 saturated carbocycles. The van der Waals surface area contributed by atoms with Gasteiger partial charge in [-0.2, -0.15) is 0 Å². The number of pyridine rings is 1. The number of carbonyl (C=O) groups excluding carboxylic acids is 1. The number of piperazine rings is 1. The summed E-state index contributed by atoms with van der Waals surface area (Å²) in [5.41, 5.74) is 0.457. The van der Waals surface area contributed by atoms with Crippen molar-refractivity contribution in [1.29, 1.82) is 0 Å². The molecule has 2 heterocycles. The van der Waals surface area contributed by atoms with E-state index < -0.39 is 11.9 Å². The third-order valence-electron chi connectivity index (χ3n) is 3.51. The van der Waals surface area contributed by atoms with E-state index in [2.05, 4.69) is 9.88 Å². The Labute approximate surface area is 123 Å². The van der Waals surface area contributed by atoms with Crippen molar-refractivity contribution < 1.29 is 19.4 Å². The molecule has 1 fully saturated rings. The maximum Gasteiger partial charge on any atom is 0.341 e. The summed E-state index contributed by atoms with van der Waals surface area (Å²) in [7, 11) is 1.35. The molecule has 0 atom stereocenters. The zero-order valence-corrected chi connectivity index (χ0v) is 12.0. The van der Waals surface area contributed by atoms with Gasteiger partial charge in [0, 0.05) is 38.9 Å². The lowest BCUT2D eigenvalue weighted by Crippen LogP contribution is -2.47. The van der Waals surface area contributed by atoms with E-state index >= 15 is 0 Å². The third-order valence-corrected chi connectivity index (χ3v) is 3.51. The number of hydrogen-bond acceptors (Lipinski definition) is 6. The van der Waals surface area contributed by atoms with E-state index in [9.17, 15) is 9.59 Å². The number of aromatic nitrogens is 1. The first kappa shape index (κ1) is 15.2. The van der Waals surface area contributed by atoms with Crippen molar-refractivity contribution in [2.45, 2.75) is 6.42 Å². The van der Waals surface area contributed by atoms with Crippen molar-refractivity contribution in [2.24, 2.45) is 0 Å². The van der Waals surface area contributed by atoms with Gasteiger partial charge >= 0.3 is 11.9 Å². The van der Waals surface area contributed by atoms with Crippen LogP contribution in [0.4, 0.5) is 5.82 Å². The van der Waals surface area contributed by atoms with Crippen LogP contribution in [0.1, 0.15) is 16.8 Å². The van der Waals surface area contributed by atoms with Gasteiger partial charge in [-0.15, -0.1) is 0 Å². The Balaban J connectivity index is 1.99. The largest absolute Gasteiger partial charge is 0.481 e. The van der Waals surface area contributed by atoms with E-state index in [1.807, 2.05) is 4.90 Å². The van der Waals surface area contributed by atoms with Crippen LogP contribution in [0.25, 0.3) is 0 Å². The minimum Gasteiger partial charge on any atom is -0.481 e. The minimum absolute atomic E-state index is 0.150. The monoisotopic (exact) mass is 293 g/mol. The first-order valence-corrected chi connectivity index (χ1v) is 6.84. The molecule has 0 radical (unpaired) electrons. The summed E-state index contributed by atoms with van der Waals surface area (Å²) in [6.45, 7) is 3.48. The van der Waals surface area contributed by atoms with Gasteiger partial charge in [0.25, 0.3) is 0 Å². The quantitative estimate of drug-likeness (QED) is 0.790. The smallest absolute Gasteiger partial charge is 0.341 e. The first-order chi connectivity index (χ1) is 10.1. The summed E-state index contributed by atoms with van der Waals surface area (Å²) < 4.78 is 4.77. The van der Waals surface area contributed by atoms with Gasteiger partial charge in [0.05, 0.1) is 13.5 Å². The van der Waals surface area contributed by atoms with Crippen molar-refractivity contribution in [3.8, 4) is 0 Å². The zero-order valence-electron chi connectivity index (χ0n) is 12.0.